The van der Waals surface area contributed by atoms with Crippen LogP contribution in [0.15, 0.2) is 17.1 Å². The highest BCUT2D eigenvalue weighted by Crippen LogP contribution is 2.52. The molecule has 0 radical (unpaired) electrons. The van der Waals surface area contributed by atoms with E-state index in [2.05, 4.69) is 38.0 Å². The zero-order valence-electron chi connectivity index (χ0n) is 17.0. The minimum Gasteiger partial charge on any atom is -0.357 e. The quantitative estimate of drug-likeness (QED) is 0.190. The number of likely N-dealkylation sites (tertiary alicyclic amines) is 1. The molecule has 4 atom stereocenters. The molecule has 29 heavy (non-hydrogen) atoms. The van der Waals surface area contributed by atoms with Crippen LogP contribution in [0.1, 0.15) is 25.0 Å². The number of hydrogen-bond acceptors (Lipinski definition) is 5. The first-order valence-corrected chi connectivity index (χ1v) is 9.91. The lowest BCUT2D eigenvalue weighted by Crippen LogP contribution is -2.43. The van der Waals surface area contributed by atoms with Crippen LogP contribution in [0.2, 0.25) is 0 Å². The molecule has 2 bridgehead atoms. The van der Waals surface area contributed by atoms with Crippen LogP contribution in [0.4, 0.5) is 0 Å². The van der Waals surface area contributed by atoms with Crippen molar-refractivity contribution in [2.24, 2.45) is 35.7 Å². The van der Waals surface area contributed by atoms with Crippen molar-refractivity contribution in [3.05, 3.63) is 23.8 Å². The molecule has 1 saturated carbocycles. The van der Waals surface area contributed by atoms with Crippen LogP contribution in [-0.2, 0) is 23.2 Å². The second-order valence-corrected chi connectivity index (χ2v) is 7.67. The number of fused-ring (bicyclic) bond motifs is 5. The Bertz CT molecular complexity index is 820. The fourth-order valence-electron chi connectivity index (χ4n) is 4.55. The summed E-state index contributed by atoms with van der Waals surface area (Å²) in [7, 11) is 1.91. The molecule has 4 unspecified atom stereocenters. The van der Waals surface area contributed by atoms with Gasteiger partial charge in [-0.1, -0.05) is 12.2 Å². The zero-order chi connectivity index (χ0) is 19.8. The van der Waals surface area contributed by atoms with Gasteiger partial charge in [0, 0.05) is 26.7 Å². The summed E-state index contributed by atoms with van der Waals surface area (Å²) in [5, 5.41) is 14.5. The predicted molar refractivity (Wildman–Crippen MR) is 118 cm³/mol. The van der Waals surface area contributed by atoms with Crippen molar-refractivity contribution in [3.8, 4) is 0 Å². The van der Waals surface area contributed by atoms with Gasteiger partial charge in [0.2, 0.25) is 11.8 Å². The second-order valence-electron chi connectivity index (χ2n) is 7.67. The molecule has 2 aliphatic carbocycles. The van der Waals surface area contributed by atoms with E-state index >= 15 is 0 Å². The SMILES string of the molecule is CCNC(=NCc1nnc(C)n1C)NCCN1C(=O)C2C3C=CC(C3)C2C1=O.I. The largest absolute Gasteiger partial charge is 0.357 e. The zero-order valence-corrected chi connectivity index (χ0v) is 19.3. The van der Waals surface area contributed by atoms with Crippen LogP contribution in [0, 0.1) is 30.6 Å². The van der Waals surface area contributed by atoms with E-state index in [1.54, 1.807) is 0 Å². The summed E-state index contributed by atoms with van der Waals surface area (Å²) >= 11 is 0. The summed E-state index contributed by atoms with van der Waals surface area (Å²) in [4.78, 5) is 31.4. The van der Waals surface area contributed by atoms with Gasteiger partial charge < -0.3 is 15.2 Å². The van der Waals surface area contributed by atoms with Crippen molar-refractivity contribution in [1.82, 2.24) is 30.3 Å². The minimum absolute atomic E-state index is 0. The van der Waals surface area contributed by atoms with E-state index in [0.29, 0.717) is 32.1 Å². The third-order valence-corrected chi connectivity index (χ3v) is 6.10. The van der Waals surface area contributed by atoms with Crippen LogP contribution in [-0.4, -0.2) is 57.1 Å². The van der Waals surface area contributed by atoms with E-state index in [0.717, 1.165) is 18.1 Å². The first-order valence-electron chi connectivity index (χ1n) is 9.91. The number of imide groups is 1. The Morgan fingerprint density at radius 1 is 1.17 bits per heavy atom. The maximum atomic E-state index is 12.7. The van der Waals surface area contributed by atoms with Gasteiger partial charge in [-0.05, 0) is 32.1 Å². The summed E-state index contributed by atoms with van der Waals surface area (Å²) in [6, 6.07) is 0. The second kappa shape index (κ2) is 8.80. The van der Waals surface area contributed by atoms with Gasteiger partial charge in [0.1, 0.15) is 12.4 Å². The lowest BCUT2D eigenvalue weighted by molar-refractivity contribution is -0.140. The first-order chi connectivity index (χ1) is 13.5. The number of halogens is 1. The van der Waals surface area contributed by atoms with Gasteiger partial charge >= 0.3 is 0 Å². The van der Waals surface area contributed by atoms with Crippen molar-refractivity contribution in [3.63, 3.8) is 0 Å². The maximum absolute atomic E-state index is 12.7. The molecular formula is C19H28IN7O2. The number of aliphatic imine (C=N–C) groups is 1. The summed E-state index contributed by atoms with van der Waals surface area (Å²) in [5.41, 5.74) is 0. The summed E-state index contributed by atoms with van der Waals surface area (Å²) < 4.78 is 1.90. The minimum atomic E-state index is -0.136. The Labute approximate surface area is 187 Å². The van der Waals surface area contributed by atoms with Gasteiger partial charge in [0.05, 0.1) is 11.8 Å². The topological polar surface area (TPSA) is 105 Å². The number of carbonyl (C=O) groups excluding carboxylic acids is 2. The molecule has 2 heterocycles. The monoisotopic (exact) mass is 513 g/mol. The van der Waals surface area contributed by atoms with Crippen molar-refractivity contribution in [1.29, 1.82) is 0 Å². The Hall–Kier alpha value is -1.98. The van der Waals surface area contributed by atoms with Gasteiger partial charge in [-0.2, -0.15) is 0 Å². The highest BCUT2D eigenvalue weighted by molar-refractivity contribution is 14.0. The van der Waals surface area contributed by atoms with Gasteiger partial charge in [-0.3, -0.25) is 14.5 Å². The average molecular weight is 513 g/mol. The Balaban J connectivity index is 0.00000240. The highest BCUT2D eigenvalue weighted by Gasteiger charge is 2.58. The predicted octanol–water partition coefficient (Wildman–Crippen LogP) is 0.604. The molecule has 0 aromatic carbocycles. The average Bonchev–Trinajstić information content (AvgIpc) is 3.42. The van der Waals surface area contributed by atoms with E-state index in [9.17, 15) is 9.59 Å². The van der Waals surface area contributed by atoms with Crippen LogP contribution < -0.4 is 10.6 Å². The molecule has 2 amide bonds. The molecule has 1 aliphatic heterocycles. The van der Waals surface area contributed by atoms with E-state index in [1.807, 2.05) is 25.5 Å². The number of rotatable bonds is 6. The van der Waals surface area contributed by atoms with E-state index in [4.69, 9.17) is 0 Å². The standard InChI is InChI=1S/C19H27N7O2.HI/c1-4-20-19(22-10-14-24-23-11(2)25(14)3)21-7-8-26-17(27)15-12-5-6-13(9-12)16(15)18(26)28;/h5-6,12-13,15-16H,4,7-10H2,1-3H3,(H2,20,21,22);1H. The van der Waals surface area contributed by atoms with Crippen molar-refractivity contribution >= 4 is 41.8 Å². The molecule has 9 nitrogen and oxygen atoms in total. The number of allylic oxidation sites excluding steroid dienone is 2. The molecule has 1 aromatic rings. The van der Waals surface area contributed by atoms with Gasteiger partial charge in [0.25, 0.3) is 0 Å². The van der Waals surface area contributed by atoms with Gasteiger partial charge in [-0.15, -0.1) is 34.2 Å². The third-order valence-electron chi connectivity index (χ3n) is 6.10. The van der Waals surface area contributed by atoms with Crippen molar-refractivity contribution < 1.29 is 9.59 Å². The molecule has 2 N–H and O–H groups in total. The number of aromatic nitrogens is 3. The number of amides is 2. The Morgan fingerprint density at radius 2 is 1.83 bits per heavy atom. The molecule has 1 aromatic heterocycles. The third kappa shape index (κ3) is 3.90. The molecular weight excluding hydrogens is 485 g/mol. The normalized spacial score (nSPS) is 27.4. The molecule has 10 heteroatoms. The number of nitrogens with zero attached hydrogens (tertiary/aromatic N) is 5. The Morgan fingerprint density at radius 3 is 2.38 bits per heavy atom. The maximum Gasteiger partial charge on any atom is 0.233 e. The highest BCUT2D eigenvalue weighted by atomic mass is 127. The van der Waals surface area contributed by atoms with Crippen LogP contribution in [0.3, 0.4) is 0 Å². The van der Waals surface area contributed by atoms with Crippen LogP contribution in [0.5, 0.6) is 0 Å². The fourth-order valence-corrected chi connectivity index (χ4v) is 4.55. The van der Waals surface area contributed by atoms with E-state index in [1.165, 1.54) is 4.90 Å². The number of guanidine groups is 1. The van der Waals surface area contributed by atoms with E-state index in [-0.39, 0.29) is 59.5 Å². The number of carbonyl (C=O) groups is 2. The van der Waals surface area contributed by atoms with Gasteiger partial charge in [-0.25, -0.2) is 4.99 Å². The molecule has 1 saturated heterocycles. The van der Waals surface area contributed by atoms with E-state index < -0.39 is 0 Å². The van der Waals surface area contributed by atoms with Crippen LogP contribution in [0.25, 0.3) is 0 Å². The molecule has 2 fully saturated rings. The molecule has 0 spiro atoms. The van der Waals surface area contributed by atoms with Crippen LogP contribution >= 0.6 is 24.0 Å². The molecule has 4 rings (SSSR count). The van der Waals surface area contributed by atoms with Crippen molar-refractivity contribution in [2.45, 2.75) is 26.8 Å². The summed E-state index contributed by atoms with van der Waals surface area (Å²) in [6.45, 7) is 5.81. The summed E-state index contributed by atoms with van der Waals surface area (Å²) in [6.07, 6.45) is 5.18. The molecule has 3 aliphatic rings. The molecule has 158 valence electrons. The smallest absolute Gasteiger partial charge is 0.233 e. The fraction of sp³-hybridized carbons (Fsp3) is 0.632. The van der Waals surface area contributed by atoms with Gasteiger partial charge in [0.15, 0.2) is 11.8 Å². The lowest BCUT2D eigenvalue weighted by Gasteiger charge is -2.18. The summed E-state index contributed by atoms with van der Waals surface area (Å²) in [5.74, 6) is 2.45. The number of aryl methyl sites for hydroxylation is 1. The first kappa shape index (κ1) is 21.7. The number of hydrogen-bond donors (Lipinski definition) is 2. The number of nitrogens with one attached hydrogen (secondary N) is 2. The van der Waals surface area contributed by atoms with Crippen molar-refractivity contribution in [2.75, 3.05) is 19.6 Å². The lowest BCUT2D eigenvalue weighted by atomic mass is 9.85. The Kier molecular flexibility index (Phi) is 6.59.